The molecule has 0 N–H and O–H groups in total. The number of aryl methyl sites for hydroxylation is 1. The number of hydrogen-bond donors (Lipinski definition) is 0. The van der Waals surface area contributed by atoms with Gasteiger partial charge in [-0.15, -0.1) is 0 Å². The van der Waals surface area contributed by atoms with Crippen LogP contribution in [0.25, 0.3) is 5.69 Å². The van der Waals surface area contributed by atoms with E-state index >= 15 is 0 Å². The third-order valence-corrected chi connectivity index (χ3v) is 4.42. The standard InChI is InChI=1S/C21H22N2O4/c1-14-7-5-6-8-19(14)23-15(2)18(12-22-23)21(24)27-13-16-11-17(25-3)9-10-20(16)26-4/h5-12H,13H2,1-4H3. The van der Waals surface area contributed by atoms with Crippen molar-refractivity contribution >= 4 is 5.97 Å². The van der Waals surface area contributed by atoms with Crippen molar-refractivity contribution in [3.05, 3.63) is 71.0 Å². The molecule has 0 saturated heterocycles. The summed E-state index contributed by atoms with van der Waals surface area (Å²) in [4.78, 5) is 12.6. The maximum atomic E-state index is 12.6. The lowest BCUT2D eigenvalue weighted by atomic mass is 10.2. The molecule has 0 aliphatic heterocycles. The average molecular weight is 366 g/mol. The quantitative estimate of drug-likeness (QED) is 0.620. The van der Waals surface area contributed by atoms with Gasteiger partial charge >= 0.3 is 5.97 Å². The van der Waals surface area contributed by atoms with Crippen molar-refractivity contribution in [2.24, 2.45) is 0 Å². The second kappa shape index (κ2) is 7.95. The van der Waals surface area contributed by atoms with Crippen molar-refractivity contribution < 1.29 is 19.0 Å². The van der Waals surface area contributed by atoms with Crippen molar-refractivity contribution in [1.82, 2.24) is 9.78 Å². The molecule has 27 heavy (non-hydrogen) atoms. The Morgan fingerprint density at radius 1 is 1.07 bits per heavy atom. The smallest absolute Gasteiger partial charge is 0.341 e. The summed E-state index contributed by atoms with van der Waals surface area (Å²) in [6.45, 7) is 3.93. The molecule has 0 amide bonds. The molecule has 3 rings (SSSR count). The Balaban J connectivity index is 1.79. The van der Waals surface area contributed by atoms with E-state index in [9.17, 15) is 4.79 Å². The highest BCUT2D eigenvalue weighted by molar-refractivity contribution is 5.90. The van der Waals surface area contributed by atoms with Gasteiger partial charge < -0.3 is 14.2 Å². The van der Waals surface area contributed by atoms with Gasteiger partial charge in [-0.25, -0.2) is 9.48 Å². The molecular weight excluding hydrogens is 344 g/mol. The first kappa shape index (κ1) is 18.5. The Bertz CT molecular complexity index is 963. The van der Waals surface area contributed by atoms with E-state index < -0.39 is 5.97 Å². The highest BCUT2D eigenvalue weighted by atomic mass is 16.5. The van der Waals surface area contributed by atoms with Crippen LogP contribution in [-0.4, -0.2) is 30.0 Å². The lowest BCUT2D eigenvalue weighted by Crippen LogP contribution is -2.08. The molecule has 6 heteroatoms. The number of methoxy groups -OCH3 is 2. The molecule has 0 aliphatic carbocycles. The minimum absolute atomic E-state index is 0.0776. The molecule has 0 radical (unpaired) electrons. The van der Waals surface area contributed by atoms with E-state index in [2.05, 4.69) is 5.10 Å². The summed E-state index contributed by atoms with van der Waals surface area (Å²) >= 11 is 0. The van der Waals surface area contributed by atoms with Crippen LogP contribution in [0.3, 0.4) is 0 Å². The van der Waals surface area contributed by atoms with Crippen LogP contribution in [0.1, 0.15) is 27.2 Å². The van der Waals surface area contributed by atoms with Gasteiger partial charge in [-0.1, -0.05) is 18.2 Å². The number of rotatable bonds is 6. The highest BCUT2D eigenvalue weighted by Gasteiger charge is 2.18. The van der Waals surface area contributed by atoms with Crippen LogP contribution in [0, 0.1) is 13.8 Å². The Morgan fingerprint density at radius 3 is 2.56 bits per heavy atom. The summed E-state index contributed by atoms with van der Waals surface area (Å²) in [5.41, 5.74) is 3.90. The van der Waals surface area contributed by atoms with Gasteiger partial charge in [0, 0.05) is 5.56 Å². The average Bonchev–Trinajstić information content (AvgIpc) is 3.07. The van der Waals surface area contributed by atoms with Crippen LogP contribution in [0.2, 0.25) is 0 Å². The van der Waals surface area contributed by atoms with Gasteiger partial charge in [0.2, 0.25) is 0 Å². The van der Waals surface area contributed by atoms with Gasteiger partial charge in [0.05, 0.1) is 31.8 Å². The minimum Gasteiger partial charge on any atom is -0.497 e. The molecule has 0 atom stereocenters. The predicted molar refractivity (Wildman–Crippen MR) is 102 cm³/mol. The van der Waals surface area contributed by atoms with E-state index in [0.717, 1.165) is 22.5 Å². The summed E-state index contributed by atoms with van der Waals surface area (Å²) in [7, 11) is 3.16. The molecule has 6 nitrogen and oxygen atoms in total. The summed E-state index contributed by atoms with van der Waals surface area (Å²) in [6, 6.07) is 13.2. The fourth-order valence-electron chi connectivity index (χ4n) is 2.87. The summed E-state index contributed by atoms with van der Waals surface area (Å²) in [5, 5.41) is 4.36. The summed E-state index contributed by atoms with van der Waals surface area (Å²) < 4.78 is 17.8. The van der Waals surface area contributed by atoms with E-state index in [1.165, 1.54) is 6.20 Å². The van der Waals surface area contributed by atoms with Gasteiger partial charge in [0.15, 0.2) is 0 Å². The van der Waals surface area contributed by atoms with Gasteiger partial charge in [-0.05, 0) is 43.7 Å². The van der Waals surface area contributed by atoms with Gasteiger partial charge in [0.1, 0.15) is 23.7 Å². The van der Waals surface area contributed by atoms with Gasteiger partial charge in [-0.3, -0.25) is 0 Å². The van der Waals surface area contributed by atoms with Crippen LogP contribution in [-0.2, 0) is 11.3 Å². The van der Waals surface area contributed by atoms with E-state index in [1.54, 1.807) is 37.1 Å². The predicted octanol–water partition coefficient (Wildman–Crippen LogP) is 3.86. The molecule has 2 aromatic carbocycles. The maximum Gasteiger partial charge on any atom is 0.341 e. The second-order valence-corrected chi connectivity index (χ2v) is 6.10. The molecule has 0 spiro atoms. The number of benzene rings is 2. The fourth-order valence-corrected chi connectivity index (χ4v) is 2.87. The fraction of sp³-hybridized carbons (Fsp3) is 0.238. The number of aromatic nitrogens is 2. The minimum atomic E-state index is -0.433. The SMILES string of the molecule is COc1ccc(OC)c(COC(=O)c2cnn(-c3ccccc3C)c2C)c1. The van der Waals surface area contributed by atoms with Gasteiger partial charge in [0.25, 0.3) is 0 Å². The second-order valence-electron chi connectivity index (χ2n) is 6.10. The number of carbonyl (C=O) groups is 1. The van der Waals surface area contributed by atoms with Crippen molar-refractivity contribution in [3.8, 4) is 17.2 Å². The maximum absolute atomic E-state index is 12.6. The van der Waals surface area contributed by atoms with Crippen LogP contribution in [0.5, 0.6) is 11.5 Å². The summed E-state index contributed by atoms with van der Waals surface area (Å²) in [6.07, 6.45) is 1.53. The summed E-state index contributed by atoms with van der Waals surface area (Å²) in [5.74, 6) is 0.874. The Hall–Kier alpha value is -3.28. The largest absolute Gasteiger partial charge is 0.497 e. The molecule has 0 saturated carbocycles. The number of carbonyl (C=O) groups excluding carboxylic acids is 1. The van der Waals surface area contributed by atoms with Gasteiger partial charge in [-0.2, -0.15) is 5.10 Å². The lowest BCUT2D eigenvalue weighted by molar-refractivity contribution is 0.0469. The highest BCUT2D eigenvalue weighted by Crippen LogP contribution is 2.25. The molecule has 140 valence electrons. The van der Waals surface area contributed by atoms with Crippen molar-refractivity contribution in [2.45, 2.75) is 20.5 Å². The number of hydrogen-bond acceptors (Lipinski definition) is 5. The molecule has 1 heterocycles. The van der Waals surface area contributed by atoms with Crippen LogP contribution in [0.4, 0.5) is 0 Å². The van der Waals surface area contributed by atoms with E-state index in [-0.39, 0.29) is 6.61 Å². The lowest BCUT2D eigenvalue weighted by Gasteiger charge is -2.11. The first-order chi connectivity index (χ1) is 13.0. The van der Waals surface area contributed by atoms with E-state index in [1.807, 2.05) is 38.1 Å². The molecule has 1 aromatic heterocycles. The number of para-hydroxylation sites is 1. The first-order valence-electron chi connectivity index (χ1n) is 8.53. The van der Waals surface area contributed by atoms with Crippen LogP contribution in [0.15, 0.2) is 48.7 Å². The molecule has 0 unspecified atom stereocenters. The Kier molecular flexibility index (Phi) is 5.45. The zero-order valence-corrected chi connectivity index (χ0v) is 15.9. The van der Waals surface area contributed by atoms with Crippen LogP contribution < -0.4 is 9.47 Å². The molecular formula is C21H22N2O4. The first-order valence-corrected chi connectivity index (χ1v) is 8.53. The zero-order chi connectivity index (χ0) is 19.4. The van der Waals surface area contributed by atoms with Crippen LogP contribution >= 0.6 is 0 Å². The molecule has 0 fully saturated rings. The third kappa shape index (κ3) is 3.79. The molecule has 0 aliphatic rings. The van der Waals surface area contributed by atoms with Crippen molar-refractivity contribution in [2.75, 3.05) is 14.2 Å². The zero-order valence-electron chi connectivity index (χ0n) is 15.9. The number of esters is 1. The third-order valence-electron chi connectivity index (χ3n) is 4.42. The molecule has 0 bridgehead atoms. The van der Waals surface area contributed by atoms with Crippen molar-refractivity contribution in [1.29, 1.82) is 0 Å². The monoisotopic (exact) mass is 366 g/mol. The van der Waals surface area contributed by atoms with E-state index in [0.29, 0.717) is 17.1 Å². The topological polar surface area (TPSA) is 62.6 Å². The Morgan fingerprint density at radius 2 is 1.85 bits per heavy atom. The molecule has 3 aromatic rings. The Labute approximate surface area is 158 Å². The van der Waals surface area contributed by atoms with Crippen molar-refractivity contribution in [3.63, 3.8) is 0 Å². The number of nitrogens with zero attached hydrogens (tertiary/aromatic N) is 2. The number of ether oxygens (including phenoxy) is 3. The van der Waals surface area contributed by atoms with E-state index in [4.69, 9.17) is 14.2 Å². The normalized spacial score (nSPS) is 10.5.